The second-order valence-corrected chi connectivity index (χ2v) is 6.50. The number of terminal acetylenes is 1. The monoisotopic (exact) mass is 345 g/mol. The van der Waals surface area contributed by atoms with E-state index in [1.165, 1.54) is 4.68 Å². The highest BCUT2D eigenvalue weighted by Gasteiger charge is 2.11. The van der Waals surface area contributed by atoms with Gasteiger partial charge in [0, 0.05) is 28.9 Å². The molecule has 0 bridgehead atoms. The number of nitrogens with one attached hydrogen (secondary N) is 1. The van der Waals surface area contributed by atoms with Crippen LogP contribution in [0.15, 0.2) is 15.5 Å². The Bertz CT molecular complexity index is 565. The Balaban J connectivity index is 2.80. The zero-order chi connectivity index (χ0) is 14.4. The molecule has 1 aromatic heterocycles. The topological polar surface area (TPSA) is 64.0 Å². The number of anilines is 1. The summed E-state index contributed by atoms with van der Waals surface area (Å²) in [5.74, 6) is 2.99. The molecule has 19 heavy (non-hydrogen) atoms. The van der Waals surface area contributed by atoms with Gasteiger partial charge in [-0.25, -0.2) is 4.68 Å². The van der Waals surface area contributed by atoms with Crippen LogP contribution in [-0.2, 0) is 17.3 Å². The molecule has 0 aromatic carbocycles. The zero-order valence-corrected chi connectivity index (χ0v) is 13.3. The van der Waals surface area contributed by atoms with Crippen molar-refractivity contribution in [3.8, 4) is 12.3 Å². The van der Waals surface area contributed by atoms with E-state index in [4.69, 9.17) is 6.42 Å². The van der Waals surface area contributed by atoms with Crippen molar-refractivity contribution in [1.82, 2.24) is 9.78 Å². The van der Waals surface area contributed by atoms with Crippen LogP contribution in [0.1, 0.15) is 13.3 Å². The maximum absolute atomic E-state index is 11.9. The molecule has 0 aliphatic carbocycles. The molecule has 5 nitrogen and oxygen atoms in total. The lowest BCUT2D eigenvalue weighted by atomic mass is 10.2. The Morgan fingerprint density at radius 1 is 1.68 bits per heavy atom. The van der Waals surface area contributed by atoms with Gasteiger partial charge in [-0.2, -0.15) is 5.10 Å². The molecule has 0 spiro atoms. The summed E-state index contributed by atoms with van der Waals surface area (Å²) < 4.78 is 12.6. The molecule has 0 aliphatic rings. The first-order chi connectivity index (χ1) is 8.95. The average Bonchev–Trinajstić information content (AvgIpc) is 2.36. The van der Waals surface area contributed by atoms with Crippen LogP contribution >= 0.6 is 15.9 Å². The summed E-state index contributed by atoms with van der Waals surface area (Å²) >= 11 is 3.25. The van der Waals surface area contributed by atoms with Crippen molar-refractivity contribution in [3.63, 3.8) is 0 Å². The highest BCUT2D eigenvalue weighted by molar-refractivity contribution is 9.10. The van der Waals surface area contributed by atoms with Gasteiger partial charge < -0.3 is 5.32 Å². The third-order valence-electron chi connectivity index (χ3n) is 2.47. The van der Waals surface area contributed by atoms with Gasteiger partial charge in [0.1, 0.15) is 11.0 Å². The number of hydrogen-bond donors (Lipinski definition) is 1. The number of hydrogen-bond acceptors (Lipinski definition) is 4. The molecule has 0 fully saturated rings. The van der Waals surface area contributed by atoms with Crippen molar-refractivity contribution in [3.05, 3.63) is 21.0 Å². The lowest BCUT2D eigenvalue weighted by Gasteiger charge is -2.15. The highest BCUT2D eigenvalue weighted by atomic mass is 79.9. The second kappa shape index (κ2) is 7.46. The Morgan fingerprint density at radius 2 is 2.37 bits per heavy atom. The molecule has 2 atom stereocenters. The third-order valence-corrected chi connectivity index (χ3v) is 4.04. The summed E-state index contributed by atoms with van der Waals surface area (Å²) in [6.07, 6.45) is 9.14. The normalized spacial score (nSPS) is 13.6. The SMILES string of the molecule is C#CCn1ncc(NC(C)CCS(C)=O)c(Br)c1=O. The first kappa shape index (κ1) is 15.9. The molecule has 0 saturated carbocycles. The molecule has 0 saturated heterocycles. The predicted octanol–water partition coefficient (Wildman–Crippen LogP) is 1.21. The van der Waals surface area contributed by atoms with Gasteiger partial charge in [-0.15, -0.1) is 6.42 Å². The van der Waals surface area contributed by atoms with Gasteiger partial charge in [-0.05, 0) is 29.3 Å². The Kier molecular flexibility index (Phi) is 6.25. The third kappa shape index (κ3) is 4.80. The number of halogens is 1. The van der Waals surface area contributed by atoms with E-state index < -0.39 is 10.8 Å². The second-order valence-electron chi connectivity index (χ2n) is 4.15. The van der Waals surface area contributed by atoms with Gasteiger partial charge in [0.2, 0.25) is 0 Å². The summed E-state index contributed by atoms with van der Waals surface area (Å²) in [4.78, 5) is 11.9. The predicted molar refractivity (Wildman–Crippen MR) is 81.7 cm³/mol. The Morgan fingerprint density at radius 3 is 2.95 bits per heavy atom. The molecule has 0 radical (unpaired) electrons. The van der Waals surface area contributed by atoms with E-state index in [0.29, 0.717) is 15.9 Å². The van der Waals surface area contributed by atoms with Gasteiger partial charge in [0.25, 0.3) is 5.56 Å². The summed E-state index contributed by atoms with van der Waals surface area (Å²) in [5, 5.41) is 7.15. The first-order valence-corrected chi connectivity index (χ1v) is 8.23. The molecule has 1 heterocycles. The molecule has 2 unspecified atom stereocenters. The van der Waals surface area contributed by atoms with Crippen LogP contribution in [0, 0.1) is 12.3 Å². The molecule has 1 rings (SSSR count). The average molecular weight is 346 g/mol. The number of rotatable bonds is 6. The minimum absolute atomic E-state index is 0.102. The molecule has 104 valence electrons. The van der Waals surface area contributed by atoms with Crippen LogP contribution in [0.4, 0.5) is 5.69 Å². The van der Waals surface area contributed by atoms with Crippen molar-refractivity contribution in [2.75, 3.05) is 17.3 Å². The van der Waals surface area contributed by atoms with E-state index in [-0.39, 0.29) is 18.1 Å². The molecule has 0 amide bonds. The standard InChI is InChI=1S/C12H16BrN3O2S/c1-4-6-16-12(17)11(13)10(8-14-16)15-9(2)5-7-19(3)18/h1,8-9,15H,5-7H2,2-3H3. The fraction of sp³-hybridized carbons (Fsp3) is 0.500. The van der Waals surface area contributed by atoms with E-state index in [9.17, 15) is 9.00 Å². The van der Waals surface area contributed by atoms with Gasteiger partial charge >= 0.3 is 0 Å². The fourth-order valence-corrected chi connectivity index (χ4v) is 2.55. The van der Waals surface area contributed by atoms with Crippen molar-refractivity contribution in [2.45, 2.75) is 25.9 Å². The highest BCUT2D eigenvalue weighted by Crippen LogP contribution is 2.17. The first-order valence-electron chi connectivity index (χ1n) is 5.71. The van der Waals surface area contributed by atoms with Gasteiger partial charge in [-0.3, -0.25) is 9.00 Å². The lowest BCUT2D eigenvalue weighted by Crippen LogP contribution is -2.26. The quantitative estimate of drug-likeness (QED) is 0.787. The zero-order valence-electron chi connectivity index (χ0n) is 10.9. The van der Waals surface area contributed by atoms with Gasteiger partial charge in [0.15, 0.2) is 0 Å². The maximum atomic E-state index is 11.9. The largest absolute Gasteiger partial charge is 0.380 e. The fourth-order valence-electron chi connectivity index (χ4n) is 1.45. The van der Waals surface area contributed by atoms with Crippen LogP contribution < -0.4 is 10.9 Å². The van der Waals surface area contributed by atoms with Gasteiger partial charge in [-0.1, -0.05) is 5.92 Å². The van der Waals surface area contributed by atoms with E-state index in [1.807, 2.05) is 6.92 Å². The smallest absolute Gasteiger partial charge is 0.284 e. The van der Waals surface area contributed by atoms with Crippen molar-refractivity contribution in [1.29, 1.82) is 0 Å². The van der Waals surface area contributed by atoms with Crippen molar-refractivity contribution < 1.29 is 4.21 Å². The molecule has 0 aliphatic heterocycles. The van der Waals surface area contributed by atoms with Crippen LogP contribution in [0.2, 0.25) is 0 Å². The van der Waals surface area contributed by atoms with Gasteiger partial charge in [0.05, 0.1) is 11.9 Å². The van der Waals surface area contributed by atoms with Crippen molar-refractivity contribution >= 4 is 32.4 Å². The molecule has 1 aromatic rings. The Labute approximate surface area is 123 Å². The number of aromatic nitrogens is 2. The molecule has 1 N–H and O–H groups in total. The Hall–Kier alpha value is -1.13. The van der Waals surface area contributed by atoms with Crippen LogP contribution in [0.5, 0.6) is 0 Å². The minimum Gasteiger partial charge on any atom is -0.380 e. The van der Waals surface area contributed by atoms with E-state index in [1.54, 1.807) is 12.5 Å². The number of nitrogens with zero attached hydrogens (tertiary/aromatic N) is 2. The summed E-state index contributed by atoms with van der Waals surface area (Å²) in [7, 11) is -0.816. The van der Waals surface area contributed by atoms with E-state index >= 15 is 0 Å². The van der Waals surface area contributed by atoms with Crippen LogP contribution in [0.3, 0.4) is 0 Å². The van der Waals surface area contributed by atoms with Crippen LogP contribution in [-0.4, -0.2) is 32.0 Å². The summed E-state index contributed by atoms with van der Waals surface area (Å²) in [6, 6.07) is 0.102. The molecular formula is C12H16BrN3O2S. The maximum Gasteiger partial charge on any atom is 0.284 e. The summed E-state index contributed by atoms with van der Waals surface area (Å²) in [6.45, 7) is 2.11. The lowest BCUT2D eigenvalue weighted by molar-refractivity contribution is 0.656. The molecule has 7 heteroatoms. The van der Waals surface area contributed by atoms with E-state index in [2.05, 4.69) is 32.3 Å². The van der Waals surface area contributed by atoms with Crippen LogP contribution in [0.25, 0.3) is 0 Å². The van der Waals surface area contributed by atoms with Crippen molar-refractivity contribution in [2.24, 2.45) is 0 Å². The minimum atomic E-state index is -0.816. The van der Waals surface area contributed by atoms with E-state index in [0.717, 1.165) is 6.42 Å². The molecular weight excluding hydrogens is 330 g/mol. The summed E-state index contributed by atoms with van der Waals surface area (Å²) in [5.41, 5.74) is 0.349.